The normalized spacial score (nSPS) is 12.2. The molecule has 0 atom stereocenters. The SMILES string of the molecule is CCc1cccc2sc(=NC(=O)C=Cc3cccc([N+](=O)[O-])c3)n(C)c12. The lowest BCUT2D eigenvalue weighted by atomic mass is 10.1. The van der Waals surface area contributed by atoms with Crippen LogP contribution in [0.1, 0.15) is 18.1 Å². The molecule has 0 aliphatic carbocycles. The van der Waals surface area contributed by atoms with Crippen molar-refractivity contribution in [2.45, 2.75) is 13.3 Å². The molecule has 2 aromatic carbocycles. The zero-order chi connectivity index (χ0) is 18.7. The van der Waals surface area contributed by atoms with E-state index in [0.717, 1.165) is 16.6 Å². The minimum atomic E-state index is -0.466. The quantitative estimate of drug-likeness (QED) is 0.399. The van der Waals surface area contributed by atoms with E-state index in [1.54, 1.807) is 12.1 Å². The van der Waals surface area contributed by atoms with Crippen LogP contribution in [0.3, 0.4) is 0 Å². The highest BCUT2D eigenvalue weighted by Gasteiger charge is 2.08. The minimum absolute atomic E-state index is 0.0143. The summed E-state index contributed by atoms with van der Waals surface area (Å²) < 4.78 is 3.01. The highest BCUT2D eigenvalue weighted by molar-refractivity contribution is 7.16. The fraction of sp³-hybridized carbons (Fsp3) is 0.158. The molecule has 132 valence electrons. The van der Waals surface area contributed by atoms with E-state index >= 15 is 0 Å². The van der Waals surface area contributed by atoms with Crippen LogP contribution >= 0.6 is 11.3 Å². The lowest BCUT2D eigenvalue weighted by molar-refractivity contribution is -0.384. The van der Waals surface area contributed by atoms with E-state index in [1.165, 1.54) is 41.2 Å². The first kappa shape index (κ1) is 17.8. The van der Waals surface area contributed by atoms with Crippen molar-refractivity contribution in [2.75, 3.05) is 0 Å². The fourth-order valence-electron chi connectivity index (χ4n) is 2.72. The van der Waals surface area contributed by atoms with Crippen LogP contribution in [-0.4, -0.2) is 15.4 Å². The van der Waals surface area contributed by atoms with Crippen molar-refractivity contribution < 1.29 is 9.72 Å². The molecule has 0 N–H and O–H groups in total. The summed E-state index contributed by atoms with van der Waals surface area (Å²) in [5.74, 6) is -0.406. The first-order chi connectivity index (χ1) is 12.5. The Hall–Kier alpha value is -3.06. The Morgan fingerprint density at radius 1 is 1.31 bits per heavy atom. The lowest BCUT2D eigenvalue weighted by Crippen LogP contribution is -2.12. The van der Waals surface area contributed by atoms with Gasteiger partial charge in [0.05, 0.1) is 15.1 Å². The maximum atomic E-state index is 12.2. The number of benzene rings is 2. The highest BCUT2D eigenvalue weighted by atomic mass is 32.1. The van der Waals surface area contributed by atoms with Gasteiger partial charge in [-0.1, -0.05) is 42.5 Å². The van der Waals surface area contributed by atoms with Crippen molar-refractivity contribution in [1.29, 1.82) is 0 Å². The van der Waals surface area contributed by atoms with Gasteiger partial charge in [-0.15, -0.1) is 0 Å². The molecule has 3 aromatic rings. The topological polar surface area (TPSA) is 77.5 Å². The Balaban J connectivity index is 1.92. The zero-order valence-corrected chi connectivity index (χ0v) is 15.2. The summed E-state index contributed by atoms with van der Waals surface area (Å²) in [4.78, 5) is 27.3. The van der Waals surface area contributed by atoms with E-state index in [4.69, 9.17) is 0 Å². The van der Waals surface area contributed by atoms with Gasteiger partial charge in [-0.25, -0.2) is 0 Å². The van der Waals surface area contributed by atoms with Gasteiger partial charge >= 0.3 is 0 Å². The number of carbonyl (C=O) groups excluding carboxylic acids is 1. The zero-order valence-electron chi connectivity index (χ0n) is 14.4. The average molecular weight is 367 g/mol. The monoisotopic (exact) mass is 367 g/mol. The number of aromatic nitrogens is 1. The van der Waals surface area contributed by atoms with Crippen LogP contribution in [0, 0.1) is 10.1 Å². The molecule has 26 heavy (non-hydrogen) atoms. The number of carbonyl (C=O) groups is 1. The molecule has 0 aliphatic rings. The molecule has 0 spiro atoms. The third-order valence-electron chi connectivity index (χ3n) is 3.99. The van der Waals surface area contributed by atoms with Crippen molar-refractivity contribution in [3.05, 3.63) is 74.6 Å². The first-order valence-corrected chi connectivity index (χ1v) is 8.90. The van der Waals surface area contributed by atoms with Crippen LogP contribution in [0.25, 0.3) is 16.3 Å². The van der Waals surface area contributed by atoms with Crippen molar-refractivity contribution in [3.63, 3.8) is 0 Å². The Bertz CT molecular complexity index is 1090. The molecule has 6 nitrogen and oxygen atoms in total. The van der Waals surface area contributed by atoms with Crippen LogP contribution in [0.5, 0.6) is 0 Å². The second-order valence-electron chi connectivity index (χ2n) is 5.70. The number of thiazole rings is 1. The van der Waals surface area contributed by atoms with Gasteiger partial charge in [0.25, 0.3) is 11.6 Å². The van der Waals surface area contributed by atoms with Crippen LogP contribution in [0.15, 0.2) is 53.5 Å². The summed E-state index contributed by atoms with van der Waals surface area (Å²) in [6, 6.07) is 12.2. The molecule has 3 rings (SSSR count). The summed E-state index contributed by atoms with van der Waals surface area (Å²) in [5, 5.41) is 10.8. The van der Waals surface area contributed by atoms with E-state index in [2.05, 4.69) is 18.0 Å². The predicted octanol–water partition coefficient (Wildman–Crippen LogP) is 3.85. The van der Waals surface area contributed by atoms with E-state index in [-0.39, 0.29) is 5.69 Å². The van der Waals surface area contributed by atoms with Gasteiger partial charge in [-0.05, 0) is 29.7 Å². The number of para-hydroxylation sites is 1. The first-order valence-electron chi connectivity index (χ1n) is 8.08. The summed E-state index contributed by atoms with van der Waals surface area (Å²) in [7, 11) is 1.90. The smallest absolute Gasteiger partial charge is 0.272 e. The number of nitro groups is 1. The molecule has 1 heterocycles. The summed E-state index contributed by atoms with van der Waals surface area (Å²) in [6.45, 7) is 2.09. The van der Waals surface area contributed by atoms with Crippen molar-refractivity contribution >= 4 is 39.2 Å². The van der Waals surface area contributed by atoms with E-state index in [1.807, 2.05) is 23.7 Å². The number of nitrogens with zero attached hydrogens (tertiary/aromatic N) is 3. The van der Waals surface area contributed by atoms with Crippen LogP contribution in [0.4, 0.5) is 5.69 Å². The average Bonchev–Trinajstić information content (AvgIpc) is 2.96. The van der Waals surface area contributed by atoms with Gasteiger partial charge in [-0.3, -0.25) is 14.9 Å². The highest BCUT2D eigenvalue weighted by Crippen LogP contribution is 2.21. The molecular formula is C19H17N3O3S. The second kappa shape index (κ2) is 7.45. The number of amides is 1. The maximum absolute atomic E-state index is 12.2. The molecule has 7 heteroatoms. The number of fused-ring (bicyclic) bond motifs is 1. The van der Waals surface area contributed by atoms with Crippen LogP contribution < -0.4 is 4.80 Å². The number of non-ortho nitro benzene ring substituents is 1. The van der Waals surface area contributed by atoms with Crippen molar-refractivity contribution in [1.82, 2.24) is 4.57 Å². The number of rotatable bonds is 4. The second-order valence-corrected chi connectivity index (χ2v) is 6.71. The number of hydrogen-bond donors (Lipinski definition) is 0. The molecular weight excluding hydrogens is 350 g/mol. The number of hydrogen-bond acceptors (Lipinski definition) is 4. The molecule has 0 bridgehead atoms. The molecule has 0 aliphatic heterocycles. The van der Waals surface area contributed by atoms with Crippen molar-refractivity contribution in [3.8, 4) is 0 Å². The predicted molar refractivity (Wildman–Crippen MR) is 103 cm³/mol. The fourth-order valence-corrected chi connectivity index (χ4v) is 3.79. The van der Waals surface area contributed by atoms with E-state index in [0.29, 0.717) is 10.4 Å². The summed E-state index contributed by atoms with van der Waals surface area (Å²) in [5.41, 5.74) is 2.87. The van der Waals surface area contributed by atoms with Gasteiger partial charge in [-0.2, -0.15) is 4.99 Å². The van der Waals surface area contributed by atoms with Gasteiger partial charge in [0.1, 0.15) is 0 Å². The summed E-state index contributed by atoms with van der Waals surface area (Å²) >= 11 is 1.46. The van der Waals surface area contributed by atoms with Gasteiger partial charge in [0, 0.05) is 25.3 Å². The van der Waals surface area contributed by atoms with Gasteiger partial charge < -0.3 is 4.57 Å². The molecule has 0 saturated carbocycles. The Labute approximate surface area is 153 Å². The standard InChI is InChI=1S/C19H17N3O3S/c1-3-14-7-5-9-16-18(14)21(2)19(26-16)20-17(23)11-10-13-6-4-8-15(12-13)22(24)25/h4-12H,3H2,1-2H3. The minimum Gasteiger partial charge on any atom is -0.319 e. The van der Waals surface area contributed by atoms with Crippen LogP contribution in [0.2, 0.25) is 0 Å². The third-order valence-corrected chi connectivity index (χ3v) is 5.09. The number of nitro benzene ring substituents is 1. The summed E-state index contributed by atoms with van der Waals surface area (Å²) in [6.07, 6.45) is 3.76. The molecule has 1 aromatic heterocycles. The third kappa shape index (κ3) is 3.62. The lowest BCUT2D eigenvalue weighted by Gasteiger charge is -2.01. The molecule has 0 unspecified atom stereocenters. The molecule has 0 radical (unpaired) electrons. The van der Waals surface area contributed by atoms with E-state index < -0.39 is 10.8 Å². The molecule has 0 fully saturated rings. The largest absolute Gasteiger partial charge is 0.319 e. The van der Waals surface area contributed by atoms with Crippen molar-refractivity contribution in [2.24, 2.45) is 12.0 Å². The molecule has 1 amide bonds. The Morgan fingerprint density at radius 2 is 2.08 bits per heavy atom. The maximum Gasteiger partial charge on any atom is 0.272 e. The van der Waals surface area contributed by atoms with E-state index in [9.17, 15) is 14.9 Å². The number of aryl methyl sites for hydroxylation is 2. The van der Waals surface area contributed by atoms with Gasteiger partial charge in [0.15, 0.2) is 4.80 Å². The molecule has 0 saturated heterocycles. The Kier molecular flexibility index (Phi) is 5.09. The van der Waals surface area contributed by atoms with Gasteiger partial charge in [0.2, 0.25) is 0 Å². The van der Waals surface area contributed by atoms with Crippen LogP contribution in [-0.2, 0) is 18.3 Å². The Morgan fingerprint density at radius 3 is 2.81 bits per heavy atom.